The summed E-state index contributed by atoms with van der Waals surface area (Å²) in [6.07, 6.45) is 0. The minimum Gasteiger partial charge on any atom is -0.350 e. The normalized spacial score (nSPS) is 15.7. The Bertz CT molecular complexity index is 563. The second kappa shape index (κ2) is 4.53. The summed E-state index contributed by atoms with van der Waals surface area (Å²) in [5.41, 5.74) is 2.97. The number of anilines is 1. The molecule has 1 N–H and O–H groups in total. The summed E-state index contributed by atoms with van der Waals surface area (Å²) in [4.78, 5) is 11.8. The van der Waals surface area contributed by atoms with Gasteiger partial charge in [-0.15, -0.1) is 0 Å². The van der Waals surface area contributed by atoms with Crippen LogP contribution >= 0.6 is 0 Å². The van der Waals surface area contributed by atoms with Crippen molar-refractivity contribution in [2.45, 2.75) is 19.9 Å². The van der Waals surface area contributed by atoms with Crippen molar-refractivity contribution in [1.82, 2.24) is 15.3 Å². The van der Waals surface area contributed by atoms with Gasteiger partial charge in [-0.1, -0.05) is 12.1 Å². The summed E-state index contributed by atoms with van der Waals surface area (Å²) in [5, 5.41) is 3.31. The van der Waals surface area contributed by atoms with Crippen molar-refractivity contribution in [2.75, 3.05) is 24.5 Å². The van der Waals surface area contributed by atoms with Gasteiger partial charge in [0.15, 0.2) is 5.82 Å². The Morgan fingerprint density at radius 1 is 1.22 bits per heavy atom. The average Bonchev–Trinajstić information content (AvgIpc) is 2.33. The van der Waals surface area contributed by atoms with Crippen LogP contribution < -0.4 is 10.2 Å². The average molecular weight is 242 g/mol. The maximum absolute atomic E-state index is 4.78. The van der Waals surface area contributed by atoms with Crippen LogP contribution in [-0.4, -0.2) is 35.6 Å². The summed E-state index contributed by atoms with van der Waals surface area (Å²) in [7, 11) is 0. The number of hydrogen-bond donors (Lipinski definition) is 1. The Labute approximate surface area is 107 Å². The van der Waals surface area contributed by atoms with Gasteiger partial charge in [-0.25, -0.2) is 9.97 Å². The smallest absolute Gasteiger partial charge is 0.151 e. The first kappa shape index (κ1) is 11.4. The number of hydrogen-bond acceptors (Lipinski definition) is 4. The standard InChI is InChI=1S/C14H18N4/c1-3-18(11-8-15-9-11)14-10(2)16-12-6-4-5-7-13(12)17-14/h4-7,11,15H,3,8-9H2,1-2H3. The molecule has 0 amide bonds. The molecule has 1 aromatic carbocycles. The van der Waals surface area contributed by atoms with E-state index in [2.05, 4.69) is 22.1 Å². The van der Waals surface area contributed by atoms with Crippen LogP contribution in [0, 0.1) is 6.92 Å². The lowest BCUT2D eigenvalue weighted by molar-refractivity contribution is 0.415. The fourth-order valence-corrected chi connectivity index (χ4v) is 2.43. The van der Waals surface area contributed by atoms with Crippen LogP contribution in [0.3, 0.4) is 0 Å². The topological polar surface area (TPSA) is 41.1 Å². The maximum Gasteiger partial charge on any atom is 0.151 e. The molecule has 1 aromatic heterocycles. The van der Waals surface area contributed by atoms with Gasteiger partial charge < -0.3 is 10.2 Å². The van der Waals surface area contributed by atoms with Crippen molar-refractivity contribution >= 4 is 16.9 Å². The number of likely N-dealkylation sites (N-methyl/N-ethyl adjacent to an activating group) is 1. The van der Waals surface area contributed by atoms with E-state index in [1.807, 2.05) is 31.2 Å². The molecule has 2 heterocycles. The first-order chi connectivity index (χ1) is 8.79. The number of nitrogens with zero attached hydrogens (tertiary/aromatic N) is 3. The SMILES string of the molecule is CCN(c1nc2ccccc2nc1C)C1CNC1. The van der Waals surface area contributed by atoms with Gasteiger partial charge in [-0.2, -0.15) is 0 Å². The molecule has 94 valence electrons. The van der Waals surface area contributed by atoms with E-state index in [-0.39, 0.29) is 0 Å². The third kappa shape index (κ3) is 1.82. The predicted octanol–water partition coefficient (Wildman–Crippen LogP) is 1.74. The van der Waals surface area contributed by atoms with E-state index in [0.717, 1.165) is 42.2 Å². The Balaban J connectivity index is 2.06. The largest absolute Gasteiger partial charge is 0.350 e. The Kier molecular flexibility index (Phi) is 2.88. The highest BCUT2D eigenvalue weighted by Crippen LogP contribution is 2.22. The van der Waals surface area contributed by atoms with Gasteiger partial charge >= 0.3 is 0 Å². The molecule has 0 spiro atoms. The fourth-order valence-electron chi connectivity index (χ4n) is 2.43. The number of benzene rings is 1. The molecule has 1 saturated heterocycles. The molecule has 0 unspecified atom stereocenters. The summed E-state index contributed by atoms with van der Waals surface area (Å²) in [5.74, 6) is 1.03. The third-order valence-electron chi connectivity index (χ3n) is 3.53. The zero-order valence-electron chi connectivity index (χ0n) is 10.8. The monoisotopic (exact) mass is 242 g/mol. The second-order valence-corrected chi connectivity index (χ2v) is 4.72. The predicted molar refractivity (Wildman–Crippen MR) is 74.0 cm³/mol. The summed E-state index contributed by atoms with van der Waals surface area (Å²) < 4.78 is 0. The number of aryl methyl sites for hydroxylation is 1. The highest BCUT2D eigenvalue weighted by Gasteiger charge is 2.26. The highest BCUT2D eigenvalue weighted by atomic mass is 15.3. The molecule has 4 heteroatoms. The highest BCUT2D eigenvalue weighted by molar-refractivity contribution is 5.76. The zero-order chi connectivity index (χ0) is 12.5. The van der Waals surface area contributed by atoms with Crippen molar-refractivity contribution in [1.29, 1.82) is 0 Å². The molecule has 1 aliphatic heterocycles. The zero-order valence-corrected chi connectivity index (χ0v) is 10.8. The van der Waals surface area contributed by atoms with E-state index in [9.17, 15) is 0 Å². The van der Waals surface area contributed by atoms with Crippen LogP contribution in [0.5, 0.6) is 0 Å². The third-order valence-corrected chi connectivity index (χ3v) is 3.53. The van der Waals surface area contributed by atoms with Crippen molar-refractivity contribution in [2.24, 2.45) is 0 Å². The molecule has 1 fully saturated rings. The molecule has 0 bridgehead atoms. The molecule has 0 atom stereocenters. The lowest BCUT2D eigenvalue weighted by atomic mass is 10.1. The summed E-state index contributed by atoms with van der Waals surface area (Å²) in [6.45, 7) is 7.28. The number of aromatic nitrogens is 2. The molecular formula is C14H18N4. The van der Waals surface area contributed by atoms with Gasteiger partial charge in [0.2, 0.25) is 0 Å². The minimum atomic E-state index is 0.559. The van der Waals surface area contributed by atoms with Gasteiger partial charge in [0.05, 0.1) is 22.8 Å². The van der Waals surface area contributed by atoms with Gasteiger partial charge in [0, 0.05) is 19.6 Å². The number of rotatable bonds is 3. The Morgan fingerprint density at radius 2 is 1.89 bits per heavy atom. The number of fused-ring (bicyclic) bond motifs is 1. The van der Waals surface area contributed by atoms with Crippen molar-refractivity contribution < 1.29 is 0 Å². The molecule has 3 rings (SSSR count). The lowest BCUT2D eigenvalue weighted by Crippen LogP contribution is -2.57. The van der Waals surface area contributed by atoms with Crippen molar-refractivity contribution in [3.05, 3.63) is 30.0 Å². The molecule has 18 heavy (non-hydrogen) atoms. The van der Waals surface area contributed by atoms with E-state index in [1.165, 1.54) is 0 Å². The Morgan fingerprint density at radius 3 is 2.44 bits per heavy atom. The van der Waals surface area contributed by atoms with Crippen LogP contribution in [0.2, 0.25) is 0 Å². The van der Waals surface area contributed by atoms with Crippen LogP contribution in [0.15, 0.2) is 24.3 Å². The maximum atomic E-state index is 4.78. The van der Waals surface area contributed by atoms with E-state index >= 15 is 0 Å². The first-order valence-corrected chi connectivity index (χ1v) is 6.50. The van der Waals surface area contributed by atoms with Crippen molar-refractivity contribution in [3.63, 3.8) is 0 Å². The van der Waals surface area contributed by atoms with E-state index in [0.29, 0.717) is 6.04 Å². The minimum absolute atomic E-state index is 0.559. The van der Waals surface area contributed by atoms with Gasteiger partial charge in [0.1, 0.15) is 0 Å². The fraction of sp³-hybridized carbons (Fsp3) is 0.429. The molecule has 0 saturated carbocycles. The first-order valence-electron chi connectivity index (χ1n) is 6.50. The molecule has 1 aliphatic rings. The number of para-hydroxylation sites is 2. The molecule has 4 nitrogen and oxygen atoms in total. The van der Waals surface area contributed by atoms with Gasteiger partial charge in [0.25, 0.3) is 0 Å². The Hall–Kier alpha value is -1.68. The van der Waals surface area contributed by atoms with E-state index in [4.69, 9.17) is 4.98 Å². The van der Waals surface area contributed by atoms with Gasteiger partial charge in [-0.05, 0) is 26.0 Å². The van der Waals surface area contributed by atoms with E-state index < -0.39 is 0 Å². The van der Waals surface area contributed by atoms with Crippen LogP contribution in [-0.2, 0) is 0 Å². The van der Waals surface area contributed by atoms with Crippen LogP contribution in [0.4, 0.5) is 5.82 Å². The molecule has 2 aromatic rings. The summed E-state index contributed by atoms with van der Waals surface area (Å²) >= 11 is 0. The quantitative estimate of drug-likeness (QED) is 0.890. The van der Waals surface area contributed by atoms with E-state index in [1.54, 1.807) is 0 Å². The van der Waals surface area contributed by atoms with Gasteiger partial charge in [-0.3, -0.25) is 0 Å². The van der Waals surface area contributed by atoms with Crippen molar-refractivity contribution in [3.8, 4) is 0 Å². The lowest BCUT2D eigenvalue weighted by Gasteiger charge is -2.38. The van der Waals surface area contributed by atoms with Crippen LogP contribution in [0.25, 0.3) is 11.0 Å². The molecule has 0 aliphatic carbocycles. The number of nitrogens with one attached hydrogen (secondary N) is 1. The van der Waals surface area contributed by atoms with Crippen LogP contribution in [0.1, 0.15) is 12.6 Å². The molecular weight excluding hydrogens is 224 g/mol. The summed E-state index contributed by atoms with van der Waals surface area (Å²) in [6, 6.07) is 8.61. The second-order valence-electron chi connectivity index (χ2n) is 4.72. The molecule has 0 radical (unpaired) electrons.